The SMILES string of the molecule is Cc1cc(C(=O)c2ccccc2)cc(C(C)(C)C)c1OP(=O)([O-])Oc1ccccc1.[Na+]. The number of para-hydroxylation sites is 1. The van der Waals surface area contributed by atoms with Gasteiger partial charge in [0.15, 0.2) is 5.78 Å². The molecule has 0 saturated carbocycles. The molecule has 0 saturated heterocycles. The minimum atomic E-state index is -4.69. The van der Waals surface area contributed by atoms with Crippen LogP contribution in [0, 0.1) is 6.92 Å². The molecule has 5 nitrogen and oxygen atoms in total. The van der Waals surface area contributed by atoms with Crippen molar-refractivity contribution in [2.24, 2.45) is 0 Å². The number of phosphoric ester groups is 1. The fourth-order valence-electron chi connectivity index (χ4n) is 3.08. The van der Waals surface area contributed by atoms with Gasteiger partial charge in [0.2, 0.25) is 0 Å². The van der Waals surface area contributed by atoms with E-state index < -0.39 is 13.2 Å². The molecule has 0 bridgehead atoms. The number of benzene rings is 3. The summed E-state index contributed by atoms with van der Waals surface area (Å²) in [5.74, 6) is 0.213. The van der Waals surface area contributed by atoms with Crippen molar-refractivity contribution in [1.29, 1.82) is 0 Å². The molecule has 0 aromatic heterocycles. The van der Waals surface area contributed by atoms with E-state index in [0.29, 0.717) is 22.3 Å². The van der Waals surface area contributed by atoms with Crippen molar-refractivity contribution in [2.45, 2.75) is 33.1 Å². The van der Waals surface area contributed by atoms with Crippen LogP contribution in [0.1, 0.15) is 47.8 Å². The van der Waals surface area contributed by atoms with E-state index in [2.05, 4.69) is 0 Å². The second-order valence-corrected chi connectivity index (χ2v) is 9.32. The summed E-state index contributed by atoms with van der Waals surface area (Å²) in [5, 5.41) is 0. The first kappa shape index (κ1) is 25.4. The molecule has 0 amide bonds. The average Bonchev–Trinajstić information content (AvgIpc) is 2.69. The van der Waals surface area contributed by atoms with Gasteiger partial charge in [-0.15, -0.1) is 0 Å². The average molecular weight is 446 g/mol. The van der Waals surface area contributed by atoms with Crippen molar-refractivity contribution in [1.82, 2.24) is 0 Å². The minimum Gasteiger partial charge on any atom is -0.736 e. The van der Waals surface area contributed by atoms with E-state index in [1.54, 1.807) is 61.5 Å². The van der Waals surface area contributed by atoms with Crippen molar-refractivity contribution in [3.05, 3.63) is 95.1 Å². The van der Waals surface area contributed by atoms with Gasteiger partial charge in [-0.1, -0.05) is 69.3 Å². The van der Waals surface area contributed by atoms with Gasteiger partial charge in [0.1, 0.15) is 11.5 Å². The van der Waals surface area contributed by atoms with Crippen LogP contribution in [-0.4, -0.2) is 5.78 Å². The molecular formula is C24H24NaO5P. The smallest absolute Gasteiger partial charge is 0.736 e. The van der Waals surface area contributed by atoms with Gasteiger partial charge in [0.05, 0.1) is 0 Å². The number of hydrogen-bond acceptors (Lipinski definition) is 5. The number of ketones is 1. The Bertz CT molecular complexity index is 1090. The normalized spacial score (nSPS) is 12.9. The van der Waals surface area contributed by atoms with Gasteiger partial charge in [-0.2, -0.15) is 0 Å². The minimum absolute atomic E-state index is 0. The van der Waals surface area contributed by atoms with E-state index in [1.807, 2.05) is 26.8 Å². The molecule has 1 atom stereocenters. The molecule has 0 spiro atoms. The first-order valence-electron chi connectivity index (χ1n) is 9.57. The summed E-state index contributed by atoms with van der Waals surface area (Å²) in [7, 11) is -4.69. The fourth-order valence-corrected chi connectivity index (χ4v) is 3.96. The van der Waals surface area contributed by atoms with Gasteiger partial charge >= 0.3 is 37.4 Å². The molecule has 0 radical (unpaired) electrons. The Kier molecular flexibility index (Phi) is 8.32. The molecule has 3 aromatic carbocycles. The summed E-state index contributed by atoms with van der Waals surface area (Å²) in [4.78, 5) is 25.5. The zero-order valence-corrected chi connectivity index (χ0v) is 21.3. The Hall–Kier alpha value is -1.88. The largest absolute Gasteiger partial charge is 1.00 e. The van der Waals surface area contributed by atoms with Crippen molar-refractivity contribution in [3.63, 3.8) is 0 Å². The molecular weight excluding hydrogens is 422 g/mol. The first-order chi connectivity index (χ1) is 14.1. The van der Waals surface area contributed by atoms with Crippen LogP contribution in [0.15, 0.2) is 72.8 Å². The molecule has 3 rings (SSSR count). The monoisotopic (exact) mass is 446 g/mol. The molecule has 156 valence electrons. The van der Waals surface area contributed by atoms with Gasteiger partial charge in [-0.25, -0.2) is 4.57 Å². The van der Waals surface area contributed by atoms with Gasteiger partial charge in [-0.3, -0.25) is 4.79 Å². The standard InChI is InChI=1S/C24H25O5P.Na/c1-17-15-19(22(25)18-11-7-5-8-12-18)16-21(24(2,3)4)23(17)29-30(26,27)28-20-13-9-6-10-14-20;/h5-16H,1-4H3,(H,26,27);/q;+1/p-1. The van der Waals surface area contributed by atoms with Crippen molar-refractivity contribution in [3.8, 4) is 11.5 Å². The van der Waals surface area contributed by atoms with Gasteiger partial charge < -0.3 is 13.9 Å². The van der Waals surface area contributed by atoms with E-state index in [9.17, 15) is 14.3 Å². The number of carbonyl (C=O) groups is 1. The van der Waals surface area contributed by atoms with Crippen molar-refractivity contribution < 1.29 is 52.9 Å². The Labute approximate surface area is 205 Å². The van der Waals surface area contributed by atoms with Crippen LogP contribution >= 0.6 is 7.82 Å². The van der Waals surface area contributed by atoms with Crippen molar-refractivity contribution >= 4 is 13.6 Å². The first-order valence-corrected chi connectivity index (χ1v) is 11.0. The number of rotatable bonds is 6. The zero-order valence-electron chi connectivity index (χ0n) is 18.4. The van der Waals surface area contributed by atoms with Crippen LogP contribution in [-0.2, 0) is 9.98 Å². The molecule has 31 heavy (non-hydrogen) atoms. The third kappa shape index (κ3) is 6.55. The fraction of sp³-hybridized carbons (Fsp3) is 0.208. The summed E-state index contributed by atoms with van der Waals surface area (Å²) in [6.45, 7) is 7.51. The summed E-state index contributed by atoms with van der Waals surface area (Å²) in [6.07, 6.45) is 0. The van der Waals surface area contributed by atoms with E-state index >= 15 is 0 Å². The molecule has 0 heterocycles. The molecule has 7 heteroatoms. The second-order valence-electron chi connectivity index (χ2n) is 8.06. The Morgan fingerprint density at radius 3 is 1.97 bits per heavy atom. The Balaban J connectivity index is 0.00000341. The van der Waals surface area contributed by atoms with Crippen LogP contribution in [0.25, 0.3) is 0 Å². The molecule has 0 aliphatic rings. The number of phosphoric acid groups is 1. The van der Waals surface area contributed by atoms with Crippen LogP contribution in [0.5, 0.6) is 11.5 Å². The van der Waals surface area contributed by atoms with E-state index in [1.165, 1.54) is 12.1 Å². The molecule has 0 aliphatic heterocycles. The van der Waals surface area contributed by atoms with Gasteiger partial charge in [-0.05, 0) is 42.2 Å². The summed E-state index contributed by atoms with van der Waals surface area (Å²) in [6, 6.07) is 20.5. The predicted octanol–water partition coefficient (Wildman–Crippen LogP) is 2.45. The maximum absolute atomic E-state index is 12.9. The van der Waals surface area contributed by atoms with E-state index in [0.717, 1.165) is 0 Å². The van der Waals surface area contributed by atoms with E-state index in [-0.39, 0.29) is 46.8 Å². The van der Waals surface area contributed by atoms with Crippen LogP contribution < -0.4 is 43.5 Å². The van der Waals surface area contributed by atoms with Gasteiger partial charge in [0.25, 0.3) is 0 Å². The van der Waals surface area contributed by atoms with Crippen LogP contribution in [0.3, 0.4) is 0 Å². The Morgan fingerprint density at radius 1 is 0.871 bits per heavy atom. The second kappa shape index (κ2) is 10.2. The summed E-state index contributed by atoms with van der Waals surface area (Å²) < 4.78 is 23.0. The van der Waals surface area contributed by atoms with Crippen molar-refractivity contribution in [2.75, 3.05) is 0 Å². The quantitative estimate of drug-likeness (QED) is 0.330. The summed E-state index contributed by atoms with van der Waals surface area (Å²) in [5.41, 5.74) is 1.71. The molecule has 0 N–H and O–H groups in total. The van der Waals surface area contributed by atoms with Crippen LogP contribution in [0.4, 0.5) is 0 Å². The number of carbonyl (C=O) groups excluding carboxylic acids is 1. The predicted molar refractivity (Wildman–Crippen MR) is 115 cm³/mol. The summed E-state index contributed by atoms with van der Waals surface area (Å²) >= 11 is 0. The van der Waals surface area contributed by atoms with Crippen LogP contribution in [0.2, 0.25) is 0 Å². The van der Waals surface area contributed by atoms with E-state index in [4.69, 9.17) is 9.05 Å². The number of aryl methyl sites for hydroxylation is 1. The third-order valence-corrected chi connectivity index (χ3v) is 5.38. The number of hydrogen-bond donors (Lipinski definition) is 0. The molecule has 0 aliphatic carbocycles. The molecule has 1 unspecified atom stereocenters. The molecule has 3 aromatic rings. The molecule has 0 fully saturated rings. The Morgan fingerprint density at radius 2 is 1.42 bits per heavy atom. The maximum Gasteiger partial charge on any atom is 1.00 e. The third-order valence-electron chi connectivity index (χ3n) is 4.54. The maximum atomic E-state index is 12.9. The van der Waals surface area contributed by atoms with Gasteiger partial charge in [0, 0.05) is 16.7 Å². The topological polar surface area (TPSA) is 75.7 Å². The zero-order chi connectivity index (χ0) is 21.9.